The number of terminal acetylenes is 1. The second-order valence-corrected chi connectivity index (χ2v) is 4.94. The molecule has 0 aliphatic heterocycles. The quantitative estimate of drug-likeness (QED) is 0.687. The number of hydrogen-bond donors (Lipinski definition) is 2. The van der Waals surface area contributed by atoms with Gasteiger partial charge >= 0.3 is 0 Å². The Labute approximate surface area is 93.0 Å². The van der Waals surface area contributed by atoms with Crippen LogP contribution < -0.4 is 10.6 Å². The van der Waals surface area contributed by atoms with Crippen LogP contribution in [0.3, 0.4) is 0 Å². The number of hydrogen-bond acceptors (Lipinski definition) is 2. The van der Waals surface area contributed by atoms with E-state index in [4.69, 9.17) is 6.42 Å². The molecule has 0 aromatic carbocycles. The molecule has 2 atom stereocenters. The molecule has 1 amide bonds. The van der Waals surface area contributed by atoms with Crippen molar-refractivity contribution < 1.29 is 4.79 Å². The van der Waals surface area contributed by atoms with Crippen molar-refractivity contribution in [3.8, 4) is 12.3 Å². The molecule has 0 fully saturated rings. The van der Waals surface area contributed by atoms with Crippen LogP contribution in [0.2, 0.25) is 0 Å². The highest BCUT2D eigenvalue weighted by Crippen LogP contribution is 2.00. The Morgan fingerprint density at radius 3 is 2.33 bits per heavy atom. The maximum absolute atomic E-state index is 11.7. The van der Waals surface area contributed by atoms with Crippen molar-refractivity contribution in [3.63, 3.8) is 0 Å². The summed E-state index contributed by atoms with van der Waals surface area (Å²) in [5, 5.41) is 6.06. The maximum atomic E-state index is 11.7. The molecule has 2 unspecified atom stereocenters. The minimum Gasteiger partial charge on any atom is -0.350 e. The Kier molecular flexibility index (Phi) is 5.38. The predicted octanol–water partition coefficient (Wildman–Crippen LogP) is 1.29. The van der Waals surface area contributed by atoms with Gasteiger partial charge in [-0.1, -0.05) is 0 Å². The normalized spacial score (nSPS) is 15.2. The van der Waals surface area contributed by atoms with Crippen LogP contribution in [0, 0.1) is 12.3 Å². The van der Waals surface area contributed by atoms with Crippen LogP contribution in [-0.4, -0.2) is 23.5 Å². The fourth-order valence-corrected chi connectivity index (χ4v) is 1.22. The molecule has 0 spiro atoms. The summed E-state index contributed by atoms with van der Waals surface area (Å²) in [6.45, 7) is 9.70. The molecule has 0 rings (SSSR count). The SMILES string of the molecule is C#CCC(C)NC(C)C(=O)NC(C)(C)C. The maximum Gasteiger partial charge on any atom is 0.237 e. The van der Waals surface area contributed by atoms with Crippen molar-refractivity contribution in [2.75, 3.05) is 0 Å². The van der Waals surface area contributed by atoms with Gasteiger partial charge in [-0.15, -0.1) is 12.3 Å². The van der Waals surface area contributed by atoms with Crippen LogP contribution in [0.4, 0.5) is 0 Å². The van der Waals surface area contributed by atoms with E-state index in [9.17, 15) is 4.79 Å². The Balaban J connectivity index is 4.06. The molecular weight excluding hydrogens is 188 g/mol. The molecule has 0 saturated carbocycles. The minimum atomic E-state index is -0.215. The van der Waals surface area contributed by atoms with E-state index in [1.807, 2.05) is 34.6 Å². The highest BCUT2D eigenvalue weighted by Gasteiger charge is 2.19. The molecular formula is C12H22N2O. The largest absolute Gasteiger partial charge is 0.350 e. The first-order valence-electron chi connectivity index (χ1n) is 5.28. The molecule has 0 radical (unpaired) electrons. The van der Waals surface area contributed by atoms with Crippen molar-refractivity contribution in [2.45, 2.75) is 58.7 Å². The number of nitrogens with one attached hydrogen (secondary N) is 2. The van der Waals surface area contributed by atoms with Gasteiger partial charge in [-0.25, -0.2) is 0 Å². The van der Waals surface area contributed by atoms with E-state index < -0.39 is 0 Å². The molecule has 3 heteroatoms. The average Bonchev–Trinajstić information content (AvgIpc) is 2.00. The third-order valence-electron chi connectivity index (χ3n) is 1.85. The molecule has 0 aliphatic carbocycles. The molecule has 15 heavy (non-hydrogen) atoms. The molecule has 0 heterocycles. The van der Waals surface area contributed by atoms with E-state index in [1.54, 1.807) is 0 Å². The molecule has 0 aromatic rings. The van der Waals surface area contributed by atoms with Crippen LogP contribution >= 0.6 is 0 Å². The zero-order chi connectivity index (χ0) is 12.1. The average molecular weight is 210 g/mol. The van der Waals surface area contributed by atoms with Gasteiger partial charge in [0.1, 0.15) is 0 Å². The highest BCUT2D eigenvalue weighted by molar-refractivity contribution is 5.81. The smallest absolute Gasteiger partial charge is 0.237 e. The molecule has 0 aliphatic rings. The first-order valence-corrected chi connectivity index (χ1v) is 5.28. The standard InChI is InChI=1S/C12H22N2O/c1-7-8-9(2)13-10(3)11(15)14-12(4,5)6/h1,9-10,13H,8H2,2-6H3,(H,14,15). The van der Waals surface area contributed by atoms with E-state index in [0.29, 0.717) is 6.42 Å². The van der Waals surface area contributed by atoms with Crippen LogP contribution in [-0.2, 0) is 4.79 Å². The van der Waals surface area contributed by atoms with Gasteiger partial charge < -0.3 is 10.6 Å². The Morgan fingerprint density at radius 1 is 1.40 bits per heavy atom. The van der Waals surface area contributed by atoms with Gasteiger partial charge in [-0.05, 0) is 34.6 Å². The molecule has 0 saturated heterocycles. The summed E-state index contributed by atoms with van der Waals surface area (Å²) in [5.41, 5.74) is -0.192. The zero-order valence-electron chi connectivity index (χ0n) is 10.3. The Hall–Kier alpha value is -1.01. The van der Waals surface area contributed by atoms with Crippen molar-refractivity contribution in [1.82, 2.24) is 10.6 Å². The summed E-state index contributed by atoms with van der Waals surface area (Å²) in [5.74, 6) is 2.57. The van der Waals surface area contributed by atoms with Crippen LogP contribution in [0.25, 0.3) is 0 Å². The lowest BCUT2D eigenvalue weighted by atomic mass is 10.1. The second kappa shape index (κ2) is 5.77. The van der Waals surface area contributed by atoms with Gasteiger partial charge in [-0.2, -0.15) is 0 Å². The number of carbonyl (C=O) groups excluding carboxylic acids is 1. The second-order valence-electron chi connectivity index (χ2n) is 4.94. The van der Waals surface area contributed by atoms with E-state index in [2.05, 4.69) is 16.6 Å². The van der Waals surface area contributed by atoms with E-state index in [1.165, 1.54) is 0 Å². The third kappa shape index (κ3) is 6.98. The topological polar surface area (TPSA) is 41.1 Å². The molecule has 2 N–H and O–H groups in total. The molecule has 0 aromatic heterocycles. The van der Waals surface area contributed by atoms with Gasteiger partial charge in [0, 0.05) is 18.0 Å². The molecule has 3 nitrogen and oxygen atoms in total. The van der Waals surface area contributed by atoms with Gasteiger partial charge in [-0.3, -0.25) is 4.79 Å². The first-order chi connectivity index (χ1) is 6.76. The summed E-state index contributed by atoms with van der Waals surface area (Å²) < 4.78 is 0. The van der Waals surface area contributed by atoms with E-state index in [-0.39, 0.29) is 23.5 Å². The van der Waals surface area contributed by atoms with Crippen molar-refractivity contribution in [2.24, 2.45) is 0 Å². The lowest BCUT2D eigenvalue weighted by Gasteiger charge is -2.25. The minimum absolute atomic E-state index is 0.00590. The lowest BCUT2D eigenvalue weighted by Crippen LogP contribution is -2.51. The fraction of sp³-hybridized carbons (Fsp3) is 0.750. The number of carbonyl (C=O) groups is 1. The van der Waals surface area contributed by atoms with Crippen LogP contribution in [0.15, 0.2) is 0 Å². The molecule has 86 valence electrons. The number of amides is 1. The highest BCUT2D eigenvalue weighted by atomic mass is 16.2. The number of rotatable bonds is 4. The Morgan fingerprint density at radius 2 is 1.93 bits per heavy atom. The van der Waals surface area contributed by atoms with Crippen molar-refractivity contribution >= 4 is 5.91 Å². The summed E-state index contributed by atoms with van der Waals surface area (Å²) in [7, 11) is 0. The monoisotopic (exact) mass is 210 g/mol. The molecule has 0 bridgehead atoms. The van der Waals surface area contributed by atoms with Crippen LogP contribution in [0.5, 0.6) is 0 Å². The summed E-state index contributed by atoms with van der Waals surface area (Å²) in [6, 6.07) is -0.0525. The van der Waals surface area contributed by atoms with E-state index >= 15 is 0 Å². The summed E-state index contributed by atoms with van der Waals surface area (Å²) >= 11 is 0. The van der Waals surface area contributed by atoms with Gasteiger partial charge in [0.25, 0.3) is 0 Å². The van der Waals surface area contributed by atoms with Gasteiger partial charge in [0.15, 0.2) is 0 Å². The predicted molar refractivity (Wildman–Crippen MR) is 63.4 cm³/mol. The van der Waals surface area contributed by atoms with Crippen molar-refractivity contribution in [3.05, 3.63) is 0 Å². The van der Waals surface area contributed by atoms with Crippen LogP contribution in [0.1, 0.15) is 41.0 Å². The zero-order valence-corrected chi connectivity index (χ0v) is 10.3. The summed E-state index contributed by atoms with van der Waals surface area (Å²) in [6.07, 6.45) is 5.82. The Bertz CT molecular complexity index is 247. The lowest BCUT2D eigenvalue weighted by molar-refractivity contribution is -0.124. The van der Waals surface area contributed by atoms with E-state index in [0.717, 1.165) is 0 Å². The summed E-state index contributed by atoms with van der Waals surface area (Å²) in [4.78, 5) is 11.7. The fourth-order valence-electron chi connectivity index (χ4n) is 1.22. The third-order valence-corrected chi connectivity index (χ3v) is 1.85. The first kappa shape index (κ1) is 14.0. The van der Waals surface area contributed by atoms with Gasteiger partial charge in [0.2, 0.25) is 5.91 Å². The van der Waals surface area contributed by atoms with Gasteiger partial charge in [0.05, 0.1) is 6.04 Å². The van der Waals surface area contributed by atoms with Crippen molar-refractivity contribution in [1.29, 1.82) is 0 Å².